The average Bonchev–Trinajstić information content (AvgIpc) is 3.11. The van der Waals surface area contributed by atoms with E-state index in [0.717, 1.165) is 95.4 Å². The van der Waals surface area contributed by atoms with Crippen molar-refractivity contribution in [3.8, 4) is 0 Å². The SMILES string of the molecule is CC1CCC(N(C2CCC(C)CC2)C2C3CCCCC3CC3C2CC2CCCCC2C3N(C2CCC(C)CC2)C2CCC(C)CC2)CC1. The topological polar surface area (TPSA) is 6.48 Å². The van der Waals surface area contributed by atoms with Gasteiger partial charge in [0.25, 0.3) is 0 Å². The largest absolute Gasteiger partial charge is 0.294 e. The van der Waals surface area contributed by atoms with Crippen molar-refractivity contribution in [3.05, 3.63) is 0 Å². The van der Waals surface area contributed by atoms with Gasteiger partial charge in [0, 0.05) is 36.3 Å². The van der Waals surface area contributed by atoms with E-state index in [4.69, 9.17) is 0 Å². The minimum atomic E-state index is 0.893. The van der Waals surface area contributed by atoms with Crippen molar-refractivity contribution < 1.29 is 0 Å². The Labute approximate surface area is 299 Å². The van der Waals surface area contributed by atoms with Crippen LogP contribution in [-0.4, -0.2) is 46.1 Å². The first-order valence-corrected chi connectivity index (χ1v) is 23.0. The number of hydrogen-bond acceptors (Lipinski definition) is 2. The Morgan fingerprint density at radius 1 is 0.292 bits per heavy atom. The molecule has 0 amide bonds. The molecule has 2 nitrogen and oxygen atoms in total. The lowest BCUT2D eigenvalue weighted by Crippen LogP contribution is -2.68. The van der Waals surface area contributed by atoms with Crippen LogP contribution in [0.1, 0.15) is 195 Å². The smallest absolute Gasteiger partial charge is 0.0164 e. The summed E-state index contributed by atoms with van der Waals surface area (Å²) in [5, 5.41) is 0. The van der Waals surface area contributed by atoms with Gasteiger partial charge in [-0.2, -0.15) is 0 Å². The molecule has 2 heteroatoms. The Balaban J connectivity index is 1.19. The molecule has 274 valence electrons. The highest BCUT2D eigenvalue weighted by Crippen LogP contribution is 2.59. The fraction of sp³-hybridized carbons (Fsp3) is 1.00. The molecule has 8 atom stereocenters. The molecule has 8 unspecified atom stereocenters. The summed E-state index contributed by atoms with van der Waals surface area (Å²) in [6, 6.07) is 5.40. The minimum absolute atomic E-state index is 0.893. The third kappa shape index (κ3) is 7.14. The summed E-state index contributed by atoms with van der Waals surface area (Å²) in [6.07, 6.45) is 39.8. The molecule has 8 aliphatic carbocycles. The summed E-state index contributed by atoms with van der Waals surface area (Å²) >= 11 is 0. The van der Waals surface area contributed by atoms with Gasteiger partial charge in [0.2, 0.25) is 0 Å². The molecule has 0 saturated heterocycles. The third-order valence-corrected chi connectivity index (χ3v) is 17.7. The van der Waals surface area contributed by atoms with Crippen molar-refractivity contribution in [3.63, 3.8) is 0 Å². The maximum atomic E-state index is 3.48. The highest BCUT2D eigenvalue weighted by molar-refractivity contribution is 5.11. The van der Waals surface area contributed by atoms with Crippen LogP contribution in [0.15, 0.2) is 0 Å². The standard InChI is InChI=1S/C46H80N2/c1-31-13-21-37(22-14-31)47(38-23-15-32(2)16-24-38)45-41-11-7-5-9-35(41)30-44-43(45)29-36-10-6-8-12-42(36)46(44)48(39-25-17-33(3)18-26-39)40-27-19-34(4)20-28-40/h31-46H,5-30H2,1-4H3. The summed E-state index contributed by atoms with van der Waals surface area (Å²) in [6.45, 7) is 10.3. The van der Waals surface area contributed by atoms with Crippen LogP contribution < -0.4 is 0 Å². The van der Waals surface area contributed by atoms with Crippen molar-refractivity contribution in [2.75, 3.05) is 0 Å². The predicted molar refractivity (Wildman–Crippen MR) is 204 cm³/mol. The zero-order valence-electron chi connectivity index (χ0n) is 32.5. The minimum Gasteiger partial charge on any atom is -0.294 e. The Morgan fingerprint density at radius 3 is 0.854 bits per heavy atom. The van der Waals surface area contributed by atoms with Gasteiger partial charge < -0.3 is 0 Å². The van der Waals surface area contributed by atoms with Crippen molar-refractivity contribution in [2.24, 2.45) is 59.2 Å². The van der Waals surface area contributed by atoms with Gasteiger partial charge in [0.05, 0.1) is 0 Å². The predicted octanol–water partition coefficient (Wildman–Crippen LogP) is 12.3. The quantitative estimate of drug-likeness (QED) is 0.280. The van der Waals surface area contributed by atoms with E-state index >= 15 is 0 Å². The molecule has 0 N–H and O–H groups in total. The second kappa shape index (κ2) is 15.5. The summed E-state index contributed by atoms with van der Waals surface area (Å²) < 4.78 is 0. The summed E-state index contributed by atoms with van der Waals surface area (Å²) in [5.41, 5.74) is 0. The van der Waals surface area contributed by atoms with Gasteiger partial charge in [0.1, 0.15) is 0 Å². The van der Waals surface area contributed by atoms with E-state index in [1.807, 2.05) is 0 Å². The number of fused-ring (bicyclic) bond motifs is 3. The highest BCUT2D eigenvalue weighted by atomic mass is 15.3. The molecule has 48 heavy (non-hydrogen) atoms. The zero-order valence-corrected chi connectivity index (χ0v) is 32.5. The second-order valence-corrected chi connectivity index (χ2v) is 20.7. The Bertz CT molecular complexity index is 868. The molecule has 8 aliphatic rings. The first kappa shape index (κ1) is 35.0. The molecule has 0 aliphatic heterocycles. The Kier molecular flexibility index (Phi) is 11.3. The van der Waals surface area contributed by atoms with Crippen molar-refractivity contribution in [1.82, 2.24) is 9.80 Å². The van der Waals surface area contributed by atoms with Gasteiger partial charge in [0.15, 0.2) is 0 Å². The average molecular weight is 661 g/mol. The van der Waals surface area contributed by atoms with Gasteiger partial charge in [-0.1, -0.05) is 66.2 Å². The van der Waals surface area contributed by atoms with Gasteiger partial charge in [-0.25, -0.2) is 0 Å². The normalized spacial score (nSPS) is 50.4. The lowest BCUT2D eigenvalue weighted by Gasteiger charge is -2.65. The van der Waals surface area contributed by atoms with Crippen molar-refractivity contribution in [2.45, 2.75) is 231 Å². The van der Waals surface area contributed by atoms with Crippen LogP contribution in [0.3, 0.4) is 0 Å². The first-order chi connectivity index (χ1) is 23.4. The van der Waals surface area contributed by atoms with Crippen LogP contribution >= 0.6 is 0 Å². The molecule has 0 aromatic rings. The van der Waals surface area contributed by atoms with E-state index < -0.39 is 0 Å². The molecular formula is C46H80N2. The molecule has 0 aromatic heterocycles. The second-order valence-electron chi connectivity index (χ2n) is 20.7. The van der Waals surface area contributed by atoms with E-state index in [2.05, 4.69) is 37.5 Å². The summed E-state index contributed by atoms with van der Waals surface area (Å²) in [7, 11) is 0. The number of rotatable bonds is 6. The van der Waals surface area contributed by atoms with Crippen LogP contribution in [0.4, 0.5) is 0 Å². The molecule has 0 aromatic carbocycles. The molecular weight excluding hydrogens is 581 g/mol. The number of hydrogen-bond donors (Lipinski definition) is 0. The van der Waals surface area contributed by atoms with E-state index in [1.54, 1.807) is 38.5 Å². The Hall–Kier alpha value is -0.0800. The van der Waals surface area contributed by atoms with Gasteiger partial charge >= 0.3 is 0 Å². The molecule has 8 fully saturated rings. The Morgan fingerprint density at radius 2 is 0.562 bits per heavy atom. The van der Waals surface area contributed by atoms with Crippen LogP contribution in [0.2, 0.25) is 0 Å². The molecule has 0 heterocycles. The fourth-order valence-corrected chi connectivity index (χ4v) is 15.0. The first-order valence-electron chi connectivity index (χ1n) is 23.0. The lowest BCUT2D eigenvalue weighted by molar-refractivity contribution is -0.154. The monoisotopic (exact) mass is 661 g/mol. The summed E-state index contributed by atoms with van der Waals surface area (Å²) in [4.78, 5) is 6.96. The highest BCUT2D eigenvalue weighted by Gasteiger charge is 2.58. The van der Waals surface area contributed by atoms with Crippen LogP contribution in [0, 0.1) is 59.2 Å². The molecule has 0 radical (unpaired) electrons. The number of nitrogens with zero attached hydrogens (tertiary/aromatic N) is 2. The van der Waals surface area contributed by atoms with E-state index in [-0.39, 0.29) is 0 Å². The maximum absolute atomic E-state index is 3.48. The molecule has 8 saturated carbocycles. The molecule has 8 rings (SSSR count). The van der Waals surface area contributed by atoms with E-state index in [9.17, 15) is 0 Å². The van der Waals surface area contributed by atoms with Crippen LogP contribution in [-0.2, 0) is 0 Å². The fourth-order valence-electron chi connectivity index (χ4n) is 15.0. The molecule has 0 bridgehead atoms. The van der Waals surface area contributed by atoms with Crippen molar-refractivity contribution in [1.29, 1.82) is 0 Å². The summed E-state index contributed by atoms with van der Waals surface area (Å²) in [5.74, 6) is 9.90. The van der Waals surface area contributed by atoms with Crippen LogP contribution in [0.25, 0.3) is 0 Å². The third-order valence-electron chi connectivity index (χ3n) is 17.7. The lowest BCUT2D eigenvalue weighted by atomic mass is 9.50. The van der Waals surface area contributed by atoms with Crippen molar-refractivity contribution >= 4 is 0 Å². The van der Waals surface area contributed by atoms with Gasteiger partial charge in [-0.3, -0.25) is 9.80 Å². The van der Waals surface area contributed by atoms with E-state index in [1.165, 1.54) is 128 Å². The van der Waals surface area contributed by atoms with Gasteiger partial charge in [-0.15, -0.1) is 0 Å². The van der Waals surface area contributed by atoms with Gasteiger partial charge in [-0.05, 0) is 188 Å². The zero-order chi connectivity index (χ0) is 32.8. The van der Waals surface area contributed by atoms with E-state index in [0.29, 0.717) is 0 Å². The maximum Gasteiger partial charge on any atom is 0.0164 e. The molecule has 0 spiro atoms. The van der Waals surface area contributed by atoms with Crippen LogP contribution in [0.5, 0.6) is 0 Å².